The van der Waals surface area contributed by atoms with Crippen LogP contribution in [0.5, 0.6) is 11.5 Å². The molecule has 0 aliphatic carbocycles. The lowest BCUT2D eigenvalue weighted by atomic mass is 9.80. The van der Waals surface area contributed by atoms with Crippen molar-refractivity contribution in [2.24, 2.45) is 11.5 Å². The Morgan fingerprint density at radius 2 is 1.65 bits per heavy atom. The van der Waals surface area contributed by atoms with Crippen molar-refractivity contribution >= 4 is 23.5 Å². The van der Waals surface area contributed by atoms with E-state index in [1.54, 1.807) is 30.3 Å². The Balaban J connectivity index is 2.58. The molecule has 11 nitrogen and oxygen atoms in total. The number of benzene rings is 2. The van der Waals surface area contributed by atoms with Crippen molar-refractivity contribution < 1.29 is 37.7 Å². The highest BCUT2D eigenvalue weighted by atomic mass is 19.1. The average Bonchev–Trinajstić information content (AvgIpc) is 2.91. The van der Waals surface area contributed by atoms with Gasteiger partial charge < -0.3 is 30.4 Å². The van der Waals surface area contributed by atoms with E-state index in [0.717, 1.165) is 32.3 Å². The van der Waals surface area contributed by atoms with E-state index in [0.29, 0.717) is 5.56 Å². The Morgan fingerprint density at radius 3 is 2.14 bits per heavy atom. The molecule has 4 N–H and O–H groups in total. The lowest BCUT2D eigenvalue weighted by Crippen LogP contribution is -2.42. The fourth-order valence-corrected chi connectivity index (χ4v) is 4.09. The number of carbonyl (C=O) groups is 3. The molecule has 37 heavy (non-hydrogen) atoms. The topological polar surface area (TPSA) is 167 Å². The predicted molar refractivity (Wildman–Crippen MR) is 128 cm³/mol. The second kappa shape index (κ2) is 10.7. The van der Waals surface area contributed by atoms with E-state index in [-0.39, 0.29) is 16.9 Å². The van der Waals surface area contributed by atoms with Gasteiger partial charge in [-0.15, -0.1) is 0 Å². The van der Waals surface area contributed by atoms with Crippen molar-refractivity contribution in [2.75, 3.05) is 33.3 Å². The van der Waals surface area contributed by atoms with Crippen LogP contribution in [-0.4, -0.2) is 46.3 Å². The quantitative estimate of drug-likeness (QED) is 0.525. The fourth-order valence-electron chi connectivity index (χ4n) is 4.09. The average molecular weight is 510 g/mol. The highest BCUT2D eigenvalue weighted by Crippen LogP contribution is 2.47. The fraction of sp³-hybridized carbons (Fsp3) is 0.200. The lowest BCUT2D eigenvalue weighted by molar-refractivity contribution is -0.139. The molecule has 12 heteroatoms. The molecule has 2 aromatic carbocycles. The second-order valence-corrected chi connectivity index (χ2v) is 7.52. The minimum atomic E-state index is -1.21. The third-order valence-electron chi connectivity index (χ3n) is 5.69. The Bertz CT molecular complexity index is 1380. The summed E-state index contributed by atoms with van der Waals surface area (Å²) in [5, 5.41) is 10.1. The summed E-state index contributed by atoms with van der Waals surface area (Å²) < 4.78 is 36.0. The number of methoxy groups -OCH3 is 4. The number of carbonyl (C=O) groups excluding carboxylic acids is 3. The molecule has 0 radical (unpaired) electrons. The van der Waals surface area contributed by atoms with Gasteiger partial charge in [-0.05, 0) is 11.6 Å². The van der Waals surface area contributed by atoms with Crippen LogP contribution in [0.15, 0.2) is 59.1 Å². The number of nitrogens with zero attached hydrogens (tertiary/aromatic N) is 2. The van der Waals surface area contributed by atoms with Gasteiger partial charge in [-0.2, -0.15) is 5.26 Å². The van der Waals surface area contributed by atoms with Crippen LogP contribution in [0, 0.1) is 17.1 Å². The molecule has 3 rings (SSSR count). The van der Waals surface area contributed by atoms with Crippen LogP contribution in [-0.2, 0) is 19.1 Å². The highest BCUT2D eigenvalue weighted by Gasteiger charge is 2.45. The molecule has 0 bridgehead atoms. The van der Waals surface area contributed by atoms with Crippen LogP contribution in [0.1, 0.15) is 21.8 Å². The predicted octanol–water partition coefficient (Wildman–Crippen LogP) is 1.84. The summed E-state index contributed by atoms with van der Waals surface area (Å²) >= 11 is 0. The van der Waals surface area contributed by atoms with Crippen LogP contribution >= 0.6 is 0 Å². The third kappa shape index (κ3) is 4.38. The number of hydrogen-bond acceptors (Lipinski definition) is 10. The standard InChI is InChI=1S/C25H23FN4O7/c1-34-15-10-13(23(29)31)19(18(26)21(15)35-2)30-20(25(33)37-4)17(24(32)36-3)16(14(11-27)22(30)28)12-8-6-5-7-9-12/h5-10,16H,28H2,1-4H3,(H2,29,31). The molecule has 0 aromatic heterocycles. The largest absolute Gasteiger partial charge is 0.493 e. The number of halogens is 1. The Morgan fingerprint density at radius 1 is 1.03 bits per heavy atom. The zero-order valence-corrected chi connectivity index (χ0v) is 20.3. The maximum Gasteiger partial charge on any atom is 0.355 e. The van der Waals surface area contributed by atoms with Gasteiger partial charge in [0.15, 0.2) is 17.3 Å². The second-order valence-electron chi connectivity index (χ2n) is 7.52. The lowest BCUT2D eigenvalue weighted by Gasteiger charge is -2.36. The van der Waals surface area contributed by atoms with Gasteiger partial charge in [-0.1, -0.05) is 30.3 Å². The number of anilines is 1. The summed E-state index contributed by atoms with van der Waals surface area (Å²) in [6.45, 7) is 0. The first kappa shape index (κ1) is 26.6. The monoisotopic (exact) mass is 510 g/mol. The maximum absolute atomic E-state index is 16.0. The number of ether oxygens (including phenoxy) is 4. The molecule has 0 fully saturated rings. The number of esters is 2. The molecule has 192 valence electrons. The molecule has 0 saturated heterocycles. The SMILES string of the molecule is COC(=O)C1=C(C(=O)OC)N(c2c(C(N)=O)cc(OC)c(OC)c2F)C(N)=C(C#N)C1c1ccccc1. The minimum Gasteiger partial charge on any atom is -0.493 e. The van der Waals surface area contributed by atoms with E-state index in [1.807, 2.05) is 6.07 Å². The van der Waals surface area contributed by atoms with Crippen LogP contribution < -0.4 is 25.8 Å². The number of primary amides is 1. The van der Waals surface area contributed by atoms with Crippen molar-refractivity contribution in [1.82, 2.24) is 0 Å². The molecule has 1 aliphatic rings. The van der Waals surface area contributed by atoms with Gasteiger partial charge >= 0.3 is 11.9 Å². The Labute approximate surface area is 211 Å². The number of amides is 1. The molecular formula is C25H23FN4O7. The van der Waals surface area contributed by atoms with E-state index in [2.05, 4.69) is 0 Å². The minimum absolute atomic E-state index is 0.184. The third-order valence-corrected chi connectivity index (χ3v) is 5.69. The summed E-state index contributed by atoms with van der Waals surface area (Å²) in [4.78, 5) is 39.5. The van der Waals surface area contributed by atoms with E-state index in [1.165, 1.54) is 7.11 Å². The Kier molecular flexibility index (Phi) is 7.67. The summed E-state index contributed by atoms with van der Waals surface area (Å²) in [7, 11) is 4.45. The molecule has 0 saturated carbocycles. The summed E-state index contributed by atoms with van der Waals surface area (Å²) in [5.41, 5.74) is 9.97. The number of rotatable bonds is 7. The van der Waals surface area contributed by atoms with Crippen molar-refractivity contribution in [3.8, 4) is 17.6 Å². The number of hydrogen-bond donors (Lipinski definition) is 2. The molecule has 1 aliphatic heterocycles. The van der Waals surface area contributed by atoms with Crippen LogP contribution in [0.2, 0.25) is 0 Å². The molecule has 1 unspecified atom stereocenters. The first-order valence-corrected chi connectivity index (χ1v) is 10.6. The number of nitrogens with two attached hydrogens (primary N) is 2. The molecule has 0 spiro atoms. The van der Waals surface area contributed by atoms with Gasteiger partial charge in [-0.25, -0.2) is 14.0 Å². The maximum atomic E-state index is 16.0. The van der Waals surface area contributed by atoms with Gasteiger partial charge in [0, 0.05) is 0 Å². The van der Waals surface area contributed by atoms with Gasteiger partial charge in [0.25, 0.3) is 5.91 Å². The molecule has 1 heterocycles. The van der Waals surface area contributed by atoms with E-state index < -0.39 is 58.1 Å². The molecular weight excluding hydrogens is 487 g/mol. The van der Waals surface area contributed by atoms with Crippen molar-refractivity contribution in [3.05, 3.63) is 76.0 Å². The van der Waals surface area contributed by atoms with Crippen LogP contribution in [0.25, 0.3) is 0 Å². The van der Waals surface area contributed by atoms with E-state index in [9.17, 15) is 19.6 Å². The summed E-state index contributed by atoms with van der Waals surface area (Å²) in [6.07, 6.45) is 0. The smallest absolute Gasteiger partial charge is 0.355 e. The van der Waals surface area contributed by atoms with Gasteiger partial charge in [0.05, 0.1) is 57.1 Å². The molecule has 1 atom stereocenters. The van der Waals surface area contributed by atoms with Crippen LogP contribution in [0.4, 0.5) is 10.1 Å². The highest BCUT2D eigenvalue weighted by molar-refractivity contribution is 6.09. The van der Waals surface area contributed by atoms with Crippen molar-refractivity contribution in [3.63, 3.8) is 0 Å². The normalized spacial score (nSPS) is 15.1. The number of nitriles is 1. The van der Waals surface area contributed by atoms with Crippen molar-refractivity contribution in [1.29, 1.82) is 5.26 Å². The Hall–Kier alpha value is -5.05. The van der Waals surface area contributed by atoms with E-state index >= 15 is 4.39 Å². The zero-order chi connectivity index (χ0) is 27.4. The van der Waals surface area contributed by atoms with Crippen LogP contribution in [0.3, 0.4) is 0 Å². The van der Waals surface area contributed by atoms with E-state index in [4.69, 9.17) is 30.4 Å². The summed E-state index contributed by atoms with van der Waals surface area (Å²) in [6, 6.07) is 11.2. The molecule has 1 amide bonds. The van der Waals surface area contributed by atoms with Crippen molar-refractivity contribution in [2.45, 2.75) is 5.92 Å². The first-order valence-electron chi connectivity index (χ1n) is 10.6. The van der Waals surface area contributed by atoms with Gasteiger partial charge in [0.2, 0.25) is 0 Å². The number of allylic oxidation sites excluding steroid dienone is 1. The summed E-state index contributed by atoms with van der Waals surface area (Å²) in [5.74, 6) is -6.79. The zero-order valence-electron chi connectivity index (χ0n) is 20.3. The van der Waals surface area contributed by atoms with Gasteiger partial charge in [0.1, 0.15) is 17.2 Å². The molecule has 2 aromatic rings. The van der Waals surface area contributed by atoms with Gasteiger partial charge in [-0.3, -0.25) is 9.69 Å². The first-order chi connectivity index (χ1) is 17.7.